The highest BCUT2D eigenvalue weighted by Crippen LogP contribution is 2.42. The van der Waals surface area contributed by atoms with Crippen LogP contribution in [-0.2, 0) is 30.5 Å². The summed E-state index contributed by atoms with van der Waals surface area (Å²) in [4.78, 5) is 12.9. The van der Waals surface area contributed by atoms with Gasteiger partial charge in [-0.1, -0.05) is 121 Å². The molecule has 0 saturated heterocycles. The van der Waals surface area contributed by atoms with Gasteiger partial charge in [-0.2, -0.15) is 0 Å². The quantitative estimate of drug-likeness (QED) is 0.267. The molecule has 0 fully saturated rings. The molecule has 2 nitrogen and oxygen atoms in total. The van der Waals surface area contributed by atoms with Crippen LogP contribution in [0.5, 0.6) is 0 Å². The van der Waals surface area contributed by atoms with E-state index in [1.807, 2.05) is 72.8 Å². The van der Waals surface area contributed by atoms with Crippen molar-refractivity contribution in [3.8, 4) is 0 Å². The predicted molar refractivity (Wildman–Crippen MR) is 139 cm³/mol. The average molecular weight is 449 g/mol. The first-order chi connectivity index (χ1) is 16.6. The van der Waals surface area contributed by atoms with E-state index in [-0.39, 0.29) is 0 Å². The van der Waals surface area contributed by atoms with Crippen molar-refractivity contribution < 1.29 is 9.90 Å². The number of carboxylic acids is 1. The van der Waals surface area contributed by atoms with Gasteiger partial charge in [-0.15, -0.1) is 0 Å². The van der Waals surface area contributed by atoms with E-state index in [9.17, 15) is 9.90 Å². The fourth-order valence-electron chi connectivity index (χ4n) is 5.12. The maximum atomic E-state index is 12.9. The topological polar surface area (TPSA) is 37.3 Å². The lowest BCUT2D eigenvalue weighted by molar-refractivity contribution is -0.147. The maximum absolute atomic E-state index is 12.9. The van der Waals surface area contributed by atoms with E-state index in [4.69, 9.17) is 0 Å². The van der Waals surface area contributed by atoms with Crippen LogP contribution in [0.4, 0.5) is 0 Å². The van der Waals surface area contributed by atoms with E-state index in [0.29, 0.717) is 6.42 Å². The van der Waals surface area contributed by atoms with E-state index in [2.05, 4.69) is 48.5 Å². The van der Waals surface area contributed by atoms with Crippen LogP contribution in [0.2, 0.25) is 0 Å². The van der Waals surface area contributed by atoms with Crippen LogP contribution in [0.15, 0.2) is 121 Å². The maximum Gasteiger partial charge on any atom is 0.307 e. The Kier molecular flexibility index (Phi) is 7.93. The van der Waals surface area contributed by atoms with Crippen molar-refractivity contribution in [3.63, 3.8) is 0 Å². The highest BCUT2D eigenvalue weighted by molar-refractivity contribution is 5.72. The molecule has 4 rings (SSSR count). The molecule has 0 bridgehead atoms. The van der Waals surface area contributed by atoms with Gasteiger partial charge in [-0.25, -0.2) is 0 Å². The van der Waals surface area contributed by atoms with E-state index in [0.717, 1.165) is 31.2 Å². The molecule has 0 aliphatic heterocycles. The average Bonchev–Trinajstić information content (AvgIpc) is 2.88. The van der Waals surface area contributed by atoms with Crippen molar-refractivity contribution in [1.82, 2.24) is 0 Å². The fourth-order valence-corrected chi connectivity index (χ4v) is 5.12. The van der Waals surface area contributed by atoms with Gasteiger partial charge in [0, 0.05) is 0 Å². The molecule has 34 heavy (non-hydrogen) atoms. The van der Waals surface area contributed by atoms with Gasteiger partial charge in [0.1, 0.15) is 0 Å². The number of aliphatic carboxylic acids is 1. The number of rotatable bonds is 11. The van der Waals surface area contributed by atoms with Crippen LogP contribution in [-0.4, -0.2) is 11.1 Å². The highest BCUT2D eigenvalue weighted by Gasteiger charge is 2.43. The first kappa shape index (κ1) is 23.5. The first-order valence-electron chi connectivity index (χ1n) is 12.0. The lowest BCUT2D eigenvalue weighted by Crippen LogP contribution is -2.41. The second-order valence-corrected chi connectivity index (χ2v) is 9.25. The molecule has 172 valence electrons. The van der Waals surface area contributed by atoms with Crippen molar-refractivity contribution in [3.05, 3.63) is 144 Å². The van der Waals surface area contributed by atoms with Gasteiger partial charge in [0.2, 0.25) is 0 Å². The van der Waals surface area contributed by atoms with Crippen LogP contribution >= 0.6 is 0 Å². The van der Waals surface area contributed by atoms with Crippen molar-refractivity contribution in [1.29, 1.82) is 0 Å². The summed E-state index contributed by atoms with van der Waals surface area (Å²) < 4.78 is 0. The molecule has 0 aliphatic rings. The molecule has 0 spiro atoms. The number of hydrogen-bond acceptors (Lipinski definition) is 1. The standard InChI is InChI=1S/C32H32O2/c33-31(34)30(23-27-15-7-2-8-16-27)32(24-28-17-9-3-10-18-28,25-29-19-11-4-12-20-29)22-21-26-13-5-1-6-14-26/h1-20,30H,21-25H2,(H,33,34). The third-order valence-electron chi connectivity index (χ3n) is 6.87. The molecule has 0 heterocycles. The molecule has 0 amide bonds. The molecule has 0 radical (unpaired) electrons. The molecule has 0 aliphatic carbocycles. The second-order valence-electron chi connectivity index (χ2n) is 9.25. The SMILES string of the molecule is O=C(O)C(Cc1ccccc1)C(CCc1ccccc1)(Cc1ccccc1)Cc1ccccc1. The molecular formula is C32H32O2. The van der Waals surface area contributed by atoms with Gasteiger partial charge in [0.15, 0.2) is 0 Å². The Morgan fingerprint density at radius 1 is 0.588 bits per heavy atom. The van der Waals surface area contributed by atoms with Gasteiger partial charge in [0.25, 0.3) is 0 Å². The number of carbonyl (C=O) groups is 1. The number of aryl methyl sites for hydroxylation is 1. The van der Waals surface area contributed by atoms with Crippen molar-refractivity contribution in [2.24, 2.45) is 11.3 Å². The minimum atomic E-state index is -0.719. The summed E-state index contributed by atoms with van der Waals surface area (Å²) in [6.45, 7) is 0. The van der Waals surface area contributed by atoms with Crippen LogP contribution in [0.3, 0.4) is 0 Å². The molecular weight excluding hydrogens is 416 g/mol. The zero-order chi connectivity index (χ0) is 23.6. The minimum absolute atomic E-state index is 0.444. The van der Waals surface area contributed by atoms with E-state index in [1.54, 1.807) is 0 Å². The zero-order valence-corrected chi connectivity index (χ0v) is 19.5. The molecule has 2 heteroatoms. The summed E-state index contributed by atoms with van der Waals surface area (Å²) in [7, 11) is 0. The van der Waals surface area contributed by atoms with Gasteiger partial charge in [0.05, 0.1) is 5.92 Å². The Bertz CT molecular complexity index is 1100. The van der Waals surface area contributed by atoms with Gasteiger partial charge in [-0.3, -0.25) is 4.79 Å². The molecule has 4 aromatic carbocycles. The number of carboxylic acid groups (broad SMARTS) is 1. The zero-order valence-electron chi connectivity index (χ0n) is 19.5. The van der Waals surface area contributed by atoms with Gasteiger partial charge in [-0.05, 0) is 59.8 Å². The third-order valence-corrected chi connectivity index (χ3v) is 6.87. The Morgan fingerprint density at radius 3 is 1.38 bits per heavy atom. The van der Waals surface area contributed by atoms with Crippen LogP contribution in [0.1, 0.15) is 28.7 Å². The van der Waals surface area contributed by atoms with Crippen molar-refractivity contribution in [2.75, 3.05) is 0 Å². The predicted octanol–water partition coefficient (Wildman–Crippen LogP) is 7.03. The Morgan fingerprint density at radius 2 is 0.971 bits per heavy atom. The summed E-state index contributed by atoms with van der Waals surface area (Å²) in [5.41, 5.74) is 4.24. The first-order valence-corrected chi connectivity index (χ1v) is 12.0. The molecule has 1 N–H and O–H groups in total. The number of hydrogen-bond donors (Lipinski definition) is 1. The lowest BCUT2D eigenvalue weighted by Gasteiger charge is -2.40. The monoisotopic (exact) mass is 448 g/mol. The Balaban J connectivity index is 1.78. The normalized spacial score (nSPS) is 12.2. The summed E-state index contributed by atoms with van der Waals surface area (Å²) >= 11 is 0. The smallest absolute Gasteiger partial charge is 0.307 e. The number of benzene rings is 4. The second kappa shape index (κ2) is 11.5. The van der Waals surface area contributed by atoms with E-state index in [1.165, 1.54) is 16.7 Å². The fraction of sp³-hybridized carbons (Fsp3) is 0.219. The van der Waals surface area contributed by atoms with Crippen LogP contribution in [0, 0.1) is 11.3 Å². The van der Waals surface area contributed by atoms with Crippen LogP contribution in [0.25, 0.3) is 0 Å². The van der Waals surface area contributed by atoms with Crippen molar-refractivity contribution >= 4 is 5.97 Å². The lowest BCUT2D eigenvalue weighted by atomic mass is 9.63. The largest absolute Gasteiger partial charge is 0.481 e. The molecule has 1 unspecified atom stereocenters. The van der Waals surface area contributed by atoms with Crippen molar-refractivity contribution in [2.45, 2.75) is 32.1 Å². The summed E-state index contributed by atoms with van der Waals surface area (Å²) in [5.74, 6) is -1.23. The van der Waals surface area contributed by atoms with Gasteiger partial charge < -0.3 is 5.11 Å². The van der Waals surface area contributed by atoms with E-state index >= 15 is 0 Å². The molecule has 1 atom stereocenters. The van der Waals surface area contributed by atoms with Crippen LogP contribution < -0.4 is 0 Å². The molecule has 4 aromatic rings. The molecule has 0 aromatic heterocycles. The third kappa shape index (κ3) is 6.23. The summed E-state index contributed by atoms with van der Waals surface area (Å²) in [6.07, 6.45) is 3.60. The minimum Gasteiger partial charge on any atom is -0.481 e. The van der Waals surface area contributed by atoms with E-state index < -0.39 is 17.3 Å². The van der Waals surface area contributed by atoms with Gasteiger partial charge >= 0.3 is 5.97 Å². The highest BCUT2D eigenvalue weighted by atomic mass is 16.4. The Hall–Kier alpha value is -3.65. The molecule has 0 saturated carbocycles. The Labute approximate surface area is 202 Å². The summed E-state index contributed by atoms with van der Waals surface area (Å²) in [6, 6.07) is 41.2. The summed E-state index contributed by atoms with van der Waals surface area (Å²) in [5, 5.41) is 10.6.